The standard InChI is InChI=1S/C12H20N2OS/c1-2-11-9-16-12(14-11)13-6-3-7-15-8-10-4-5-10/h9-10H,2-8H2,1H3,(H,13,14). The number of nitrogens with zero attached hydrogens (tertiary/aromatic N) is 1. The number of thiazole rings is 1. The Morgan fingerprint density at radius 2 is 2.44 bits per heavy atom. The highest BCUT2D eigenvalue weighted by atomic mass is 32.1. The number of hydrogen-bond acceptors (Lipinski definition) is 4. The number of aryl methyl sites for hydroxylation is 1. The summed E-state index contributed by atoms with van der Waals surface area (Å²) in [7, 11) is 0. The molecule has 0 saturated heterocycles. The molecule has 16 heavy (non-hydrogen) atoms. The van der Waals surface area contributed by atoms with Gasteiger partial charge in [0.05, 0.1) is 5.69 Å². The van der Waals surface area contributed by atoms with Crippen LogP contribution in [-0.4, -0.2) is 24.7 Å². The molecule has 1 heterocycles. The zero-order valence-corrected chi connectivity index (χ0v) is 10.7. The van der Waals surface area contributed by atoms with Crippen LogP contribution in [0.5, 0.6) is 0 Å². The Bertz CT molecular complexity index is 310. The number of hydrogen-bond donors (Lipinski definition) is 1. The van der Waals surface area contributed by atoms with Crippen LogP contribution in [0.4, 0.5) is 5.13 Å². The lowest BCUT2D eigenvalue weighted by atomic mass is 10.4. The summed E-state index contributed by atoms with van der Waals surface area (Å²) in [5.41, 5.74) is 1.18. The first-order valence-electron chi connectivity index (χ1n) is 6.14. The van der Waals surface area contributed by atoms with Gasteiger partial charge in [0.2, 0.25) is 0 Å². The highest BCUT2D eigenvalue weighted by Gasteiger charge is 2.20. The van der Waals surface area contributed by atoms with Crippen molar-refractivity contribution < 1.29 is 4.74 Å². The van der Waals surface area contributed by atoms with Crippen LogP contribution in [0.2, 0.25) is 0 Å². The first-order chi connectivity index (χ1) is 7.88. The van der Waals surface area contributed by atoms with Crippen molar-refractivity contribution in [2.24, 2.45) is 5.92 Å². The smallest absolute Gasteiger partial charge is 0.182 e. The minimum atomic E-state index is 0.871. The number of rotatable bonds is 8. The van der Waals surface area contributed by atoms with E-state index in [1.807, 2.05) is 0 Å². The van der Waals surface area contributed by atoms with Gasteiger partial charge in [0, 0.05) is 25.1 Å². The largest absolute Gasteiger partial charge is 0.381 e. The maximum Gasteiger partial charge on any atom is 0.182 e. The Hall–Kier alpha value is -0.610. The summed E-state index contributed by atoms with van der Waals surface area (Å²) >= 11 is 1.69. The molecule has 0 atom stereocenters. The van der Waals surface area contributed by atoms with E-state index >= 15 is 0 Å². The molecule has 1 aromatic rings. The van der Waals surface area contributed by atoms with E-state index in [1.54, 1.807) is 11.3 Å². The highest BCUT2D eigenvalue weighted by molar-refractivity contribution is 7.13. The van der Waals surface area contributed by atoms with Crippen molar-refractivity contribution in [2.45, 2.75) is 32.6 Å². The zero-order chi connectivity index (χ0) is 11.2. The van der Waals surface area contributed by atoms with Crippen LogP contribution in [0.25, 0.3) is 0 Å². The number of ether oxygens (including phenoxy) is 1. The van der Waals surface area contributed by atoms with Crippen LogP contribution < -0.4 is 5.32 Å². The summed E-state index contributed by atoms with van der Waals surface area (Å²) < 4.78 is 5.56. The molecule has 0 aromatic carbocycles. The van der Waals surface area contributed by atoms with Gasteiger partial charge in [-0.3, -0.25) is 0 Å². The van der Waals surface area contributed by atoms with Gasteiger partial charge in [0.1, 0.15) is 0 Å². The van der Waals surface area contributed by atoms with Gasteiger partial charge in [-0.2, -0.15) is 0 Å². The van der Waals surface area contributed by atoms with E-state index in [4.69, 9.17) is 4.74 Å². The molecule has 0 spiro atoms. The van der Waals surface area contributed by atoms with Gasteiger partial charge in [-0.15, -0.1) is 11.3 Å². The van der Waals surface area contributed by atoms with Gasteiger partial charge in [0.25, 0.3) is 0 Å². The molecule has 0 amide bonds. The average Bonchev–Trinajstić information content (AvgIpc) is 3.01. The maximum atomic E-state index is 5.56. The van der Waals surface area contributed by atoms with Crippen LogP contribution in [-0.2, 0) is 11.2 Å². The number of aromatic nitrogens is 1. The quantitative estimate of drug-likeness (QED) is 0.709. The second kappa shape index (κ2) is 6.21. The molecule has 0 unspecified atom stereocenters. The Kier molecular flexibility index (Phi) is 4.60. The minimum absolute atomic E-state index is 0.871. The summed E-state index contributed by atoms with van der Waals surface area (Å²) in [6, 6.07) is 0. The van der Waals surface area contributed by atoms with Crippen molar-refractivity contribution in [1.29, 1.82) is 0 Å². The molecule has 1 aliphatic carbocycles. The SMILES string of the molecule is CCc1csc(NCCCOCC2CC2)n1. The van der Waals surface area contributed by atoms with Gasteiger partial charge < -0.3 is 10.1 Å². The van der Waals surface area contributed by atoms with Crippen molar-refractivity contribution in [2.75, 3.05) is 25.1 Å². The molecule has 4 heteroatoms. The van der Waals surface area contributed by atoms with Crippen LogP contribution in [0, 0.1) is 5.92 Å². The van der Waals surface area contributed by atoms with Gasteiger partial charge in [-0.05, 0) is 31.6 Å². The van der Waals surface area contributed by atoms with Crippen LogP contribution in [0.15, 0.2) is 5.38 Å². The molecule has 1 fully saturated rings. The first kappa shape index (κ1) is 11.9. The summed E-state index contributed by atoms with van der Waals surface area (Å²) in [6.07, 6.45) is 4.82. The van der Waals surface area contributed by atoms with E-state index in [1.165, 1.54) is 18.5 Å². The van der Waals surface area contributed by atoms with E-state index in [0.717, 1.165) is 43.6 Å². The highest BCUT2D eigenvalue weighted by Crippen LogP contribution is 2.28. The lowest BCUT2D eigenvalue weighted by Gasteiger charge is -2.03. The minimum Gasteiger partial charge on any atom is -0.381 e. The molecule has 2 rings (SSSR count). The first-order valence-corrected chi connectivity index (χ1v) is 7.02. The fraction of sp³-hybridized carbons (Fsp3) is 0.750. The third kappa shape index (κ3) is 4.10. The van der Waals surface area contributed by atoms with E-state index in [2.05, 4.69) is 22.6 Å². The summed E-state index contributed by atoms with van der Waals surface area (Å²) in [5.74, 6) is 0.874. The normalized spacial score (nSPS) is 15.3. The van der Waals surface area contributed by atoms with Gasteiger partial charge in [0.15, 0.2) is 5.13 Å². The Morgan fingerprint density at radius 3 is 3.12 bits per heavy atom. The van der Waals surface area contributed by atoms with Gasteiger partial charge >= 0.3 is 0 Å². The molecule has 0 aliphatic heterocycles. The van der Waals surface area contributed by atoms with Gasteiger partial charge in [-0.25, -0.2) is 4.98 Å². The predicted molar refractivity (Wildman–Crippen MR) is 68.1 cm³/mol. The van der Waals surface area contributed by atoms with Crippen LogP contribution >= 0.6 is 11.3 Å². The maximum absolute atomic E-state index is 5.56. The summed E-state index contributed by atoms with van der Waals surface area (Å²) in [4.78, 5) is 4.45. The van der Waals surface area contributed by atoms with Gasteiger partial charge in [-0.1, -0.05) is 6.92 Å². The summed E-state index contributed by atoms with van der Waals surface area (Å²) in [6.45, 7) is 4.93. The molecule has 0 bridgehead atoms. The van der Waals surface area contributed by atoms with E-state index in [-0.39, 0.29) is 0 Å². The van der Waals surface area contributed by atoms with E-state index in [0.29, 0.717) is 0 Å². The van der Waals surface area contributed by atoms with E-state index < -0.39 is 0 Å². The van der Waals surface area contributed by atoms with E-state index in [9.17, 15) is 0 Å². The van der Waals surface area contributed by atoms with Crippen molar-refractivity contribution in [1.82, 2.24) is 4.98 Å². The monoisotopic (exact) mass is 240 g/mol. The van der Waals surface area contributed by atoms with Crippen LogP contribution in [0.3, 0.4) is 0 Å². The molecular weight excluding hydrogens is 220 g/mol. The molecule has 1 aliphatic rings. The Labute approximate surface area is 101 Å². The molecule has 0 radical (unpaired) electrons. The fourth-order valence-corrected chi connectivity index (χ4v) is 2.28. The number of nitrogens with one attached hydrogen (secondary N) is 1. The number of anilines is 1. The second-order valence-electron chi connectivity index (χ2n) is 4.30. The predicted octanol–water partition coefficient (Wildman–Crippen LogP) is 2.93. The van der Waals surface area contributed by atoms with Crippen molar-refractivity contribution >= 4 is 16.5 Å². The fourth-order valence-electron chi connectivity index (χ4n) is 1.45. The van der Waals surface area contributed by atoms with Crippen molar-refractivity contribution in [3.8, 4) is 0 Å². The Morgan fingerprint density at radius 1 is 1.56 bits per heavy atom. The molecular formula is C12H20N2OS. The molecule has 1 saturated carbocycles. The zero-order valence-electron chi connectivity index (χ0n) is 9.87. The van der Waals surface area contributed by atoms with Crippen molar-refractivity contribution in [3.05, 3.63) is 11.1 Å². The molecule has 90 valence electrons. The molecule has 1 N–H and O–H groups in total. The topological polar surface area (TPSA) is 34.1 Å². The molecule has 3 nitrogen and oxygen atoms in total. The van der Waals surface area contributed by atoms with Crippen molar-refractivity contribution in [3.63, 3.8) is 0 Å². The lowest BCUT2D eigenvalue weighted by Crippen LogP contribution is -2.06. The second-order valence-corrected chi connectivity index (χ2v) is 5.15. The molecule has 1 aromatic heterocycles. The Balaban J connectivity index is 1.49. The third-order valence-electron chi connectivity index (χ3n) is 2.71. The third-order valence-corrected chi connectivity index (χ3v) is 3.55. The summed E-state index contributed by atoms with van der Waals surface area (Å²) in [5, 5.41) is 6.49. The lowest BCUT2D eigenvalue weighted by molar-refractivity contribution is 0.124. The van der Waals surface area contributed by atoms with Crippen LogP contribution in [0.1, 0.15) is 31.9 Å². The average molecular weight is 240 g/mol.